The highest BCUT2D eigenvalue weighted by Crippen LogP contribution is 2.27. The molecule has 1 aromatic heterocycles. The highest BCUT2D eigenvalue weighted by atomic mass is 79.9. The van der Waals surface area contributed by atoms with Gasteiger partial charge in [-0.15, -0.1) is 0 Å². The van der Waals surface area contributed by atoms with Crippen molar-refractivity contribution in [3.05, 3.63) is 75.4 Å². The van der Waals surface area contributed by atoms with Crippen LogP contribution in [-0.2, 0) is 6.54 Å². The van der Waals surface area contributed by atoms with E-state index in [0.29, 0.717) is 0 Å². The first-order valence-electron chi connectivity index (χ1n) is 6.06. The van der Waals surface area contributed by atoms with Crippen molar-refractivity contribution < 1.29 is 4.57 Å². The average Bonchev–Trinajstić information content (AvgIpc) is 2.44. The van der Waals surface area contributed by atoms with Gasteiger partial charge in [-0.1, -0.05) is 52.3 Å². The lowest BCUT2D eigenvalue weighted by molar-refractivity contribution is -0.697. The van der Waals surface area contributed by atoms with Crippen LogP contribution in [-0.4, -0.2) is 0 Å². The van der Waals surface area contributed by atoms with Crippen LogP contribution in [0.25, 0.3) is 10.8 Å². The summed E-state index contributed by atoms with van der Waals surface area (Å²) < 4.78 is 4.44. The normalized spacial score (nSPS) is 10.8. The van der Waals surface area contributed by atoms with Crippen LogP contribution in [0.5, 0.6) is 0 Å². The van der Waals surface area contributed by atoms with E-state index in [-0.39, 0.29) is 0 Å². The summed E-state index contributed by atoms with van der Waals surface area (Å²) in [5.41, 5.74) is 1.29. The molecule has 0 amide bonds. The molecule has 0 aliphatic carbocycles. The summed E-state index contributed by atoms with van der Waals surface area (Å²) in [5.74, 6) is 0. The summed E-state index contributed by atoms with van der Waals surface area (Å²) in [6.07, 6.45) is 2.12. The molecule has 0 saturated heterocycles. The fraction of sp³-hybridized carbons (Fsp3) is 0.0625. The number of pyridine rings is 1. The summed E-state index contributed by atoms with van der Waals surface area (Å²) in [5, 5.41) is 2.44. The molecule has 3 heteroatoms. The highest BCUT2D eigenvalue weighted by molar-refractivity contribution is 9.11. The lowest BCUT2D eigenvalue weighted by Gasteiger charge is -2.04. The lowest BCUT2D eigenvalue weighted by atomic mass is 10.1. The molecule has 3 rings (SSSR count). The molecule has 0 N–H and O–H groups in total. The second kappa shape index (κ2) is 5.43. The van der Waals surface area contributed by atoms with Crippen LogP contribution in [0.15, 0.2) is 69.9 Å². The van der Waals surface area contributed by atoms with E-state index >= 15 is 0 Å². The van der Waals surface area contributed by atoms with Crippen LogP contribution in [0.1, 0.15) is 5.56 Å². The van der Waals surface area contributed by atoms with Gasteiger partial charge in [-0.3, -0.25) is 0 Å². The standard InChI is InChI=1S/C16H12Br2N/c17-15-8-4-7-14-13(15)9-10-19(16(14)18)11-12-5-2-1-3-6-12/h1-10H,11H2/q+1. The molecule has 1 heterocycles. The Morgan fingerprint density at radius 1 is 0.789 bits per heavy atom. The number of aromatic nitrogens is 1. The average molecular weight is 378 g/mol. The molecule has 0 radical (unpaired) electrons. The van der Waals surface area contributed by atoms with Crippen LogP contribution in [0, 0.1) is 0 Å². The Hall–Kier alpha value is -1.19. The molecule has 2 aromatic carbocycles. The van der Waals surface area contributed by atoms with Gasteiger partial charge in [0.15, 0.2) is 12.7 Å². The van der Waals surface area contributed by atoms with E-state index in [1.54, 1.807) is 0 Å². The van der Waals surface area contributed by atoms with Gasteiger partial charge < -0.3 is 0 Å². The third kappa shape index (κ3) is 2.58. The molecule has 0 spiro atoms. The Bertz CT molecular complexity index is 723. The number of hydrogen-bond donors (Lipinski definition) is 0. The van der Waals surface area contributed by atoms with Crippen molar-refractivity contribution in [2.24, 2.45) is 0 Å². The first-order chi connectivity index (χ1) is 9.25. The summed E-state index contributed by atoms with van der Waals surface area (Å²) in [6, 6.07) is 18.9. The zero-order valence-corrected chi connectivity index (χ0v) is 13.4. The molecule has 0 fully saturated rings. The minimum absolute atomic E-state index is 0.865. The first-order valence-corrected chi connectivity index (χ1v) is 7.64. The predicted molar refractivity (Wildman–Crippen MR) is 85.1 cm³/mol. The third-order valence-corrected chi connectivity index (χ3v) is 4.72. The molecule has 0 bridgehead atoms. The molecule has 0 unspecified atom stereocenters. The Morgan fingerprint density at radius 2 is 1.58 bits per heavy atom. The number of fused-ring (bicyclic) bond motifs is 1. The Balaban J connectivity index is 2.08. The molecule has 0 aliphatic heterocycles. The smallest absolute Gasteiger partial charge is 0.188 e. The summed E-state index contributed by atoms with van der Waals surface area (Å²) in [6.45, 7) is 0.865. The molecule has 94 valence electrons. The number of halogens is 2. The fourth-order valence-corrected chi connectivity index (χ4v) is 3.26. The van der Waals surface area contributed by atoms with Gasteiger partial charge in [0.05, 0.1) is 5.39 Å². The van der Waals surface area contributed by atoms with Crippen molar-refractivity contribution in [3.63, 3.8) is 0 Å². The van der Waals surface area contributed by atoms with Crippen molar-refractivity contribution in [3.8, 4) is 0 Å². The van der Waals surface area contributed by atoms with E-state index in [2.05, 4.69) is 91.2 Å². The number of nitrogens with zero attached hydrogens (tertiary/aromatic N) is 1. The van der Waals surface area contributed by atoms with Crippen molar-refractivity contribution in [2.45, 2.75) is 6.54 Å². The van der Waals surface area contributed by atoms with Gasteiger partial charge in [0.25, 0.3) is 4.60 Å². The molecular formula is C16H12Br2N+. The second-order valence-corrected chi connectivity index (χ2v) is 6.03. The predicted octanol–water partition coefficient (Wildman–Crippen LogP) is 4.70. The van der Waals surface area contributed by atoms with E-state index in [1.165, 1.54) is 16.3 Å². The van der Waals surface area contributed by atoms with E-state index in [4.69, 9.17) is 0 Å². The molecule has 0 saturated carbocycles. The maximum absolute atomic E-state index is 3.72. The molecule has 19 heavy (non-hydrogen) atoms. The quantitative estimate of drug-likeness (QED) is 0.450. The topological polar surface area (TPSA) is 3.88 Å². The summed E-state index contributed by atoms with van der Waals surface area (Å²) in [4.78, 5) is 0. The third-order valence-electron chi connectivity index (χ3n) is 3.14. The summed E-state index contributed by atoms with van der Waals surface area (Å²) in [7, 11) is 0. The van der Waals surface area contributed by atoms with E-state index in [1.807, 2.05) is 6.07 Å². The monoisotopic (exact) mass is 376 g/mol. The van der Waals surface area contributed by atoms with Gasteiger partial charge in [-0.25, -0.2) is 0 Å². The Kier molecular flexibility index (Phi) is 3.67. The Morgan fingerprint density at radius 3 is 2.37 bits per heavy atom. The van der Waals surface area contributed by atoms with Gasteiger partial charge >= 0.3 is 0 Å². The van der Waals surface area contributed by atoms with Gasteiger partial charge in [-0.05, 0) is 12.1 Å². The van der Waals surface area contributed by atoms with Crippen LogP contribution in [0.4, 0.5) is 0 Å². The number of rotatable bonds is 2. The van der Waals surface area contributed by atoms with Crippen LogP contribution in [0.2, 0.25) is 0 Å². The van der Waals surface area contributed by atoms with Gasteiger partial charge in [0.1, 0.15) is 0 Å². The van der Waals surface area contributed by atoms with Crippen LogP contribution < -0.4 is 4.57 Å². The van der Waals surface area contributed by atoms with Crippen LogP contribution in [0.3, 0.4) is 0 Å². The number of benzene rings is 2. The highest BCUT2D eigenvalue weighted by Gasteiger charge is 2.13. The fourth-order valence-electron chi connectivity index (χ4n) is 2.17. The van der Waals surface area contributed by atoms with Gasteiger partial charge in [0.2, 0.25) is 0 Å². The summed E-state index contributed by atoms with van der Waals surface area (Å²) >= 11 is 7.31. The van der Waals surface area contributed by atoms with Crippen molar-refractivity contribution in [1.29, 1.82) is 0 Å². The van der Waals surface area contributed by atoms with Crippen molar-refractivity contribution >= 4 is 42.6 Å². The van der Waals surface area contributed by atoms with E-state index in [9.17, 15) is 0 Å². The zero-order chi connectivity index (χ0) is 13.2. The van der Waals surface area contributed by atoms with Gasteiger partial charge in [0, 0.05) is 37.4 Å². The maximum atomic E-state index is 3.72. The van der Waals surface area contributed by atoms with Crippen LogP contribution >= 0.6 is 31.9 Å². The van der Waals surface area contributed by atoms with E-state index < -0.39 is 0 Å². The molecule has 1 nitrogen and oxygen atoms in total. The van der Waals surface area contributed by atoms with Crippen molar-refractivity contribution in [2.75, 3.05) is 0 Å². The van der Waals surface area contributed by atoms with Gasteiger partial charge in [-0.2, -0.15) is 4.57 Å². The molecule has 0 aliphatic rings. The Labute approximate surface area is 129 Å². The second-order valence-electron chi connectivity index (χ2n) is 4.42. The van der Waals surface area contributed by atoms with E-state index in [0.717, 1.165) is 15.6 Å². The zero-order valence-electron chi connectivity index (χ0n) is 10.2. The SMILES string of the molecule is Brc1cccc2c(Br)[n+](Cc3ccccc3)ccc12. The minimum Gasteiger partial charge on any atom is -0.188 e. The molecule has 3 aromatic rings. The largest absolute Gasteiger partial charge is 0.256 e. The molecule has 0 atom stereocenters. The number of hydrogen-bond acceptors (Lipinski definition) is 0. The first kappa shape index (κ1) is 12.8. The molecular weight excluding hydrogens is 366 g/mol. The lowest BCUT2D eigenvalue weighted by Crippen LogP contribution is -2.35. The maximum Gasteiger partial charge on any atom is 0.256 e. The van der Waals surface area contributed by atoms with Crippen molar-refractivity contribution in [1.82, 2.24) is 0 Å². The minimum atomic E-state index is 0.865.